The maximum absolute atomic E-state index is 2.34. The molecule has 0 nitrogen and oxygen atoms in total. The van der Waals surface area contributed by atoms with Crippen molar-refractivity contribution in [3.05, 3.63) is 21.1 Å². The molecule has 3 heteroatoms. The SMILES string of the molecule is CCC1=CC[C]([Ti+2])=C1C.[Cl-].[Cl-]. The van der Waals surface area contributed by atoms with Crippen molar-refractivity contribution in [2.45, 2.75) is 26.7 Å². The van der Waals surface area contributed by atoms with Gasteiger partial charge in [-0.2, -0.15) is 0 Å². The van der Waals surface area contributed by atoms with Crippen LogP contribution < -0.4 is 24.8 Å². The van der Waals surface area contributed by atoms with Gasteiger partial charge in [0.15, 0.2) is 0 Å². The zero-order chi connectivity index (χ0) is 6.85. The van der Waals surface area contributed by atoms with Gasteiger partial charge < -0.3 is 24.8 Å². The molecule has 1 aliphatic rings. The maximum Gasteiger partial charge on any atom is -1.00 e. The summed E-state index contributed by atoms with van der Waals surface area (Å²) in [6.45, 7) is 4.44. The standard InChI is InChI=1S/C8H11.2ClH.Ti/c1-3-8-6-4-5-7(8)2;;;/h6H,3-4H2,1-2H3;2*1H;/q;;;+2/p-2. The van der Waals surface area contributed by atoms with Gasteiger partial charge in [-0.05, 0) is 0 Å². The fourth-order valence-electron chi connectivity index (χ4n) is 1.13. The zero-order valence-corrected chi connectivity index (χ0v) is 9.82. The third-order valence-corrected chi connectivity index (χ3v) is 2.77. The molecule has 0 saturated carbocycles. The van der Waals surface area contributed by atoms with E-state index in [0.717, 1.165) is 0 Å². The predicted molar refractivity (Wildman–Crippen MR) is 35.7 cm³/mol. The summed E-state index contributed by atoms with van der Waals surface area (Å²) in [7, 11) is 0. The van der Waals surface area contributed by atoms with Gasteiger partial charge in [-0.1, -0.05) is 0 Å². The van der Waals surface area contributed by atoms with Gasteiger partial charge in [-0.25, -0.2) is 0 Å². The molecule has 0 N–H and O–H groups in total. The number of hydrogen-bond acceptors (Lipinski definition) is 0. The van der Waals surface area contributed by atoms with Gasteiger partial charge in [-0.3, -0.25) is 0 Å². The quantitative estimate of drug-likeness (QED) is 0.408. The summed E-state index contributed by atoms with van der Waals surface area (Å²) in [5.41, 5.74) is 3.07. The molecule has 11 heavy (non-hydrogen) atoms. The van der Waals surface area contributed by atoms with Crippen molar-refractivity contribution in [1.29, 1.82) is 0 Å². The predicted octanol–water partition coefficient (Wildman–Crippen LogP) is -3.44. The van der Waals surface area contributed by atoms with Gasteiger partial charge >= 0.3 is 68.2 Å². The fraction of sp³-hybridized carbons (Fsp3) is 0.500. The van der Waals surface area contributed by atoms with E-state index < -0.39 is 0 Å². The van der Waals surface area contributed by atoms with Crippen LogP contribution in [0.3, 0.4) is 0 Å². The van der Waals surface area contributed by atoms with Crippen LogP contribution in [0, 0.1) is 0 Å². The Morgan fingerprint density at radius 3 is 2.18 bits per heavy atom. The molecule has 1 rings (SSSR count). The summed E-state index contributed by atoms with van der Waals surface area (Å²) in [5.74, 6) is 0. The van der Waals surface area contributed by atoms with E-state index in [0.29, 0.717) is 0 Å². The zero-order valence-electron chi connectivity index (χ0n) is 6.75. The first kappa shape index (κ1) is 14.3. The van der Waals surface area contributed by atoms with Crippen molar-refractivity contribution in [3.63, 3.8) is 0 Å². The fourth-order valence-corrected chi connectivity index (χ4v) is 1.54. The molecule has 0 bridgehead atoms. The van der Waals surface area contributed by atoms with Crippen molar-refractivity contribution in [1.82, 2.24) is 0 Å². The molecule has 0 spiro atoms. The number of halogens is 2. The molecule has 0 aromatic heterocycles. The normalized spacial score (nSPS) is 15.5. The van der Waals surface area contributed by atoms with Crippen LogP contribution in [0.1, 0.15) is 26.7 Å². The second-order valence-electron chi connectivity index (χ2n) is 2.39. The summed E-state index contributed by atoms with van der Waals surface area (Å²) in [5, 5.41) is 0. The number of allylic oxidation sites excluding steroid dienone is 4. The molecule has 0 heterocycles. The average molecular weight is 226 g/mol. The van der Waals surface area contributed by atoms with Gasteiger partial charge in [0.1, 0.15) is 0 Å². The Hall–Kier alpha value is 0.774. The molecule has 0 amide bonds. The van der Waals surface area contributed by atoms with E-state index in [2.05, 4.69) is 40.4 Å². The topological polar surface area (TPSA) is 0 Å². The minimum absolute atomic E-state index is 0. The van der Waals surface area contributed by atoms with Gasteiger partial charge in [0.2, 0.25) is 0 Å². The smallest absolute Gasteiger partial charge is 1.00 e. The second kappa shape index (κ2) is 6.31. The number of hydrogen-bond donors (Lipinski definition) is 0. The summed E-state index contributed by atoms with van der Waals surface area (Å²) in [6.07, 6.45) is 4.73. The van der Waals surface area contributed by atoms with E-state index in [1.807, 2.05) is 0 Å². The summed E-state index contributed by atoms with van der Waals surface area (Å²) in [4.78, 5) is 0. The molecule has 61 valence electrons. The van der Waals surface area contributed by atoms with E-state index in [9.17, 15) is 0 Å². The van der Waals surface area contributed by atoms with Crippen molar-refractivity contribution in [2.75, 3.05) is 0 Å². The maximum atomic E-state index is 2.34. The van der Waals surface area contributed by atoms with E-state index in [1.165, 1.54) is 18.4 Å². The first-order valence-electron chi connectivity index (χ1n) is 3.36. The molecule has 0 atom stereocenters. The molecule has 1 aliphatic carbocycles. The average Bonchev–Trinajstić information content (AvgIpc) is 2.15. The van der Waals surface area contributed by atoms with Crippen LogP contribution in [-0.4, -0.2) is 0 Å². The van der Waals surface area contributed by atoms with Gasteiger partial charge in [0.05, 0.1) is 0 Å². The largest absolute Gasteiger partial charge is 1.00 e. The molecule has 0 aliphatic heterocycles. The van der Waals surface area contributed by atoms with Crippen LogP contribution in [0.15, 0.2) is 21.1 Å². The molecule has 0 saturated heterocycles. The van der Waals surface area contributed by atoms with Gasteiger partial charge in [-0.15, -0.1) is 0 Å². The van der Waals surface area contributed by atoms with Crippen LogP contribution in [0.4, 0.5) is 0 Å². The van der Waals surface area contributed by atoms with Crippen LogP contribution in [0.25, 0.3) is 0 Å². The van der Waals surface area contributed by atoms with Crippen molar-refractivity contribution >= 4 is 0 Å². The van der Waals surface area contributed by atoms with Crippen molar-refractivity contribution in [2.24, 2.45) is 0 Å². The molecule has 0 fully saturated rings. The van der Waals surface area contributed by atoms with Crippen LogP contribution in [0.5, 0.6) is 0 Å². The van der Waals surface area contributed by atoms with E-state index >= 15 is 0 Å². The second-order valence-corrected chi connectivity index (χ2v) is 3.33. The third kappa shape index (κ3) is 3.33. The molecular weight excluding hydrogens is 215 g/mol. The summed E-state index contributed by atoms with van der Waals surface area (Å²) in [6, 6.07) is 0. The Morgan fingerprint density at radius 1 is 1.45 bits per heavy atom. The first-order chi connectivity index (χ1) is 4.25. The Labute approximate surface area is 92.7 Å². The molecule has 0 radical (unpaired) electrons. The van der Waals surface area contributed by atoms with Gasteiger partial charge in [0, 0.05) is 0 Å². The van der Waals surface area contributed by atoms with Crippen LogP contribution in [0.2, 0.25) is 0 Å². The Morgan fingerprint density at radius 2 is 2.00 bits per heavy atom. The van der Waals surface area contributed by atoms with Crippen molar-refractivity contribution < 1.29 is 45.2 Å². The molecule has 0 unspecified atom stereocenters. The van der Waals surface area contributed by atoms with Crippen LogP contribution >= 0.6 is 0 Å². The molecule has 0 aromatic carbocycles. The van der Waals surface area contributed by atoms with E-state index in [1.54, 1.807) is 9.45 Å². The number of rotatable bonds is 1. The monoisotopic (exact) mass is 225 g/mol. The first-order valence-corrected chi connectivity index (χ1v) is 4.14. The summed E-state index contributed by atoms with van der Waals surface area (Å²) >= 11 is 2.22. The molecular formula is C8H11Cl2Ti. The minimum Gasteiger partial charge on any atom is -1.00 e. The van der Waals surface area contributed by atoms with E-state index in [-0.39, 0.29) is 24.8 Å². The van der Waals surface area contributed by atoms with Crippen LogP contribution in [-0.2, 0) is 20.4 Å². The summed E-state index contributed by atoms with van der Waals surface area (Å²) < 4.78 is 1.55. The Kier molecular flexibility index (Phi) is 8.20. The minimum atomic E-state index is 0. The van der Waals surface area contributed by atoms with E-state index in [4.69, 9.17) is 0 Å². The molecule has 0 aromatic rings. The van der Waals surface area contributed by atoms with Crippen molar-refractivity contribution in [3.8, 4) is 0 Å². The Bertz CT molecular complexity index is 183. The third-order valence-electron chi connectivity index (χ3n) is 1.87. The van der Waals surface area contributed by atoms with Gasteiger partial charge in [0.25, 0.3) is 0 Å². The Balaban J connectivity index is 0.